The Hall–Kier alpha value is -1.91. The van der Waals surface area contributed by atoms with Crippen molar-refractivity contribution in [3.8, 4) is 5.75 Å². The minimum atomic E-state index is 0.450. The van der Waals surface area contributed by atoms with Crippen molar-refractivity contribution < 1.29 is 4.74 Å². The maximum absolute atomic E-state index is 5.95. The third kappa shape index (κ3) is 3.06. The number of halogens is 1. The molecule has 2 N–H and O–H groups in total. The number of hydrogen-bond acceptors (Lipinski definition) is 3. The Morgan fingerprint density at radius 3 is 2.76 bits per heavy atom. The molecule has 0 atom stereocenters. The predicted octanol–water partition coefficient (Wildman–Crippen LogP) is 4.04. The summed E-state index contributed by atoms with van der Waals surface area (Å²) in [6, 6.07) is 15.9. The summed E-state index contributed by atoms with van der Waals surface area (Å²) >= 11 is 3.45. The van der Waals surface area contributed by atoms with Gasteiger partial charge in [-0.25, -0.2) is 0 Å². The molecule has 0 spiro atoms. The van der Waals surface area contributed by atoms with Gasteiger partial charge >= 0.3 is 0 Å². The molecule has 0 amide bonds. The van der Waals surface area contributed by atoms with E-state index in [0.717, 1.165) is 32.3 Å². The molecule has 106 valence electrons. The number of hydrogen-bond donors (Lipinski definition) is 1. The normalized spacial score (nSPS) is 10.8. The van der Waals surface area contributed by atoms with E-state index in [-0.39, 0.29) is 0 Å². The Bertz CT molecular complexity index is 768. The lowest BCUT2D eigenvalue weighted by Crippen LogP contribution is -2.03. The lowest BCUT2D eigenvalue weighted by molar-refractivity contribution is 0.304. The molecule has 4 heteroatoms. The van der Waals surface area contributed by atoms with Gasteiger partial charge in [0.2, 0.25) is 0 Å². The zero-order valence-corrected chi connectivity index (χ0v) is 13.0. The van der Waals surface area contributed by atoms with Gasteiger partial charge in [0.1, 0.15) is 12.4 Å². The van der Waals surface area contributed by atoms with Gasteiger partial charge in [-0.2, -0.15) is 0 Å². The van der Waals surface area contributed by atoms with Gasteiger partial charge in [-0.05, 0) is 30.3 Å². The van der Waals surface area contributed by atoms with Crippen LogP contribution in [0.2, 0.25) is 0 Å². The van der Waals surface area contributed by atoms with Gasteiger partial charge < -0.3 is 10.5 Å². The van der Waals surface area contributed by atoms with E-state index in [9.17, 15) is 0 Å². The minimum absolute atomic E-state index is 0.450. The van der Waals surface area contributed by atoms with E-state index in [4.69, 9.17) is 10.5 Å². The third-order valence-corrected chi connectivity index (χ3v) is 3.86. The van der Waals surface area contributed by atoms with E-state index in [0.29, 0.717) is 13.2 Å². The van der Waals surface area contributed by atoms with Crippen LogP contribution < -0.4 is 10.5 Å². The van der Waals surface area contributed by atoms with Crippen LogP contribution in [0.1, 0.15) is 11.1 Å². The van der Waals surface area contributed by atoms with Gasteiger partial charge in [0.05, 0.1) is 5.52 Å². The number of aromatic nitrogens is 1. The molecular formula is C17H15BrN2O. The molecule has 2 aromatic carbocycles. The van der Waals surface area contributed by atoms with Gasteiger partial charge in [0, 0.05) is 33.7 Å². The highest BCUT2D eigenvalue weighted by Crippen LogP contribution is 2.25. The molecule has 0 aliphatic heterocycles. The molecule has 3 rings (SSSR count). The standard InChI is InChI=1S/C17H15BrN2O/c18-14-5-6-17(13(9-14)10-19)21-11-12-7-8-20-16-4-2-1-3-15(12)16/h1-9H,10-11,19H2. The van der Waals surface area contributed by atoms with E-state index in [2.05, 4.69) is 27.0 Å². The zero-order chi connectivity index (χ0) is 14.7. The van der Waals surface area contributed by atoms with Crippen molar-refractivity contribution in [3.63, 3.8) is 0 Å². The average Bonchev–Trinajstić information content (AvgIpc) is 2.53. The maximum atomic E-state index is 5.95. The van der Waals surface area contributed by atoms with Gasteiger partial charge in [0.15, 0.2) is 0 Å². The van der Waals surface area contributed by atoms with Crippen molar-refractivity contribution in [3.05, 3.63) is 70.3 Å². The second-order valence-corrected chi connectivity index (χ2v) is 5.65. The van der Waals surface area contributed by atoms with Crippen LogP contribution in [0.3, 0.4) is 0 Å². The Balaban J connectivity index is 1.87. The molecule has 1 aromatic heterocycles. The van der Waals surface area contributed by atoms with Crippen molar-refractivity contribution in [2.24, 2.45) is 5.73 Å². The number of ether oxygens (including phenoxy) is 1. The summed E-state index contributed by atoms with van der Waals surface area (Å²) in [4.78, 5) is 4.36. The molecule has 0 saturated heterocycles. The number of para-hydroxylation sites is 1. The van der Waals surface area contributed by atoms with Crippen LogP contribution in [0.15, 0.2) is 59.2 Å². The summed E-state index contributed by atoms with van der Waals surface area (Å²) < 4.78 is 6.95. The van der Waals surface area contributed by atoms with Crippen molar-refractivity contribution >= 4 is 26.8 Å². The quantitative estimate of drug-likeness (QED) is 0.778. The predicted molar refractivity (Wildman–Crippen MR) is 88.1 cm³/mol. The molecule has 0 radical (unpaired) electrons. The highest BCUT2D eigenvalue weighted by molar-refractivity contribution is 9.10. The van der Waals surface area contributed by atoms with Crippen molar-refractivity contribution in [2.45, 2.75) is 13.2 Å². The van der Waals surface area contributed by atoms with Crippen molar-refractivity contribution in [1.82, 2.24) is 4.98 Å². The minimum Gasteiger partial charge on any atom is -0.489 e. The van der Waals surface area contributed by atoms with Crippen LogP contribution in [0.4, 0.5) is 0 Å². The first-order valence-electron chi connectivity index (χ1n) is 6.72. The molecule has 3 nitrogen and oxygen atoms in total. The smallest absolute Gasteiger partial charge is 0.124 e. The first-order chi connectivity index (χ1) is 10.3. The number of rotatable bonds is 4. The first-order valence-corrected chi connectivity index (χ1v) is 7.51. The summed E-state index contributed by atoms with van der Waals surface area (Å²) in [6.45, 7) is 0.948. The SMILES string of the molecule is NCc1cc(Br)ccc1OCc1ccnc2ccccc12. The lowest BCUT2D eigenvalue weighted by atomic mass is 10.1. The molecular weight excluding hydrogens is 328 g/mol. The number of nitrogens with zero attached hydrogens (tertiary/aromatic N) is 1. The Labute approximate surface area is 131 Å². The van der Waals surface area contributed by atoms with Gasteiger partial charge in [-0.15, -0.1) is 0 Å². The number of fused-ring (bicyclic) bond motifs is 1. The molecule has 1 heterocycles. The second-order valence-electron chi connectivity index (χ2n) is 4.73. The van der Waals surface area contributed by atoms with Crippen LogP contribution in [0.25, 0.3) is 10.9 Å². The second kappa shape index (κ2) is 6.24. The topological polar surface area (TPSA) is 48.1 Å². The van der Waals surface area contributed by atoms with Gasteiger partial charge in [0.25, 0.3) is 0 Å². The van der Waals surface area contributed by atoms with Crippen molar-refractivity contribution in [2.75, 3.05) is 0 Å². The van der Waals surface area contributed by atoms with Crippen LogP contribution >= 0.6 is 15.9 Å². The van der Waals surface area contributed by atoms with Gasteiger partial charge in [-0.1, -0.05) is 34.1 Å². The summed E-state index contributed by atoms with van der Waals surface area (Å²) in [5, 5.41) is 1.12. The third-order valence-electron chi connectivity index (χ3n) is 3.36. The molecule has 0 fully saturated rings. The summed E-state index contributed by atoms with van der Waals surface area (Å²) in [5.41, 5.74) is 8.85. The van der Waals surface area contributed by atoms with E-state index >= 15 is 0 Å². The molecule has 3 aromatic rings. The van der Waals surface area contributed by atoms with E-state index in [1.165, 1.54) is 0 Å². The number of pyridine rings is 1. The van der Waals surface area contributed by atoms with Gasteiger partial charge in [-0.3, -0.25) is 4.98 Å². The Kier molecular flexibility index (Phi) is 4.18. The number of nitrogens with two attached hydrogens (primary N) is 1. The average molecular weight is 343 g/mol. The van der Waals surface area contributed by atoms with Crippen LogP contribution in [0.5, 0.6) is 5.75 Å². The summed E-state index contributed by atoms with van der Waals surface area (Å²) in [7, 11) is 0. The molecule has 0 saturated carbocycles. The van der Waals surface area contributed by atoms with E-state index in [1.807, 2.05) is 48.7 Å². The molecule has 0 aliphatic carbocycles. The fraction of sp³-hybridized carbons (Fsp3) is 0.118. The largest absolute Gasteiger partial charge is 0.489 e. The number of benzene rings is 2. The fourth-order valence-corrected chi connectivity index (χ4v) is 2.69. The van der Waals surface area contributed by atoms with Crippen molar-refractivity contribution in [1.29, 1.82) is 0 Å². The highest BCUT2D eigenvalue weighted by Gasteiger charge is 2.06. The Morgan fingerprint density at radius 2 is 1.90 bits per heavy atom. The molecule has 0 unspecified atom stereocenters. The monoisotopic (exact) mass is 342 g/mol. The van der Waals surface area contributed by atoms with E-state index in [1.54, 1.807) is 0 Å². The van der Waals surface area contributed by atoms with Crippen LogP contribution in [0, 0.1) is 0 Å². The lowest BCUT2D eigenvalue weighted by Gasteiger charge is -2.12. The molecule has 0 bridgehead atoms. The summed E-state index contributed by atoms with van der Waals surface area (Å²) in [6.07, 6.45) is 1.81. The fourth-order valence-electron chi connectivity index (χ4n) is 2.28. The maximum Gasteiger partial charge on any atom is 0.124 e. The molecule has 0 aliphatic rings. The van der Waals surface area contributed by atoms with Crippen LogP contribution in [-0.4, -0.2) is 4.98 Å². The van der Waals surface area contributed by atoms with Crippen LogP contribution in [-0.2, 0) is 13.2 Å². The first kappa shape index (κ1) is 14.0. The zero-order valence-electron chi connectivity index (χ0n) is 11.4. The van der Waals surface area contributed by atoms with E-state index < -0.39 is 0 Å². The Morgan fingerprint density at radius 1 is 1.05 bits per heavy atom. The molecule has 21 heavy (non-hydrogen) atoms. The summed E-state index contributed by atoms with van der Waals surface area (Å²) in [5.74, 6) is 0.821. The highest BCUT2D eigenvalue weighted by atomic mass is 79.9.